The minimum absolute atomic E-state index is 0.0809. The minimum atomic E-state index is -1.00. The first-order chi connectivity index (χ1) is 18.3. The van der Waals surface area contributed by atoms with Gasteiger partial charge >= 0.3 is 6.03 Å². The summed E-state index contributed by atoms with van der Waals surface area (Å²) in [6.45, 7) is 3.58. The first-order valence-corrected chi connectivity index (χ1v) is 12.8. The summed E-state index contributed by atoms with van der Waals surface area (Å²) in [6.07, 6.45) is 5.26. The van der Waals surface area contributed by atoms with E-state index in [9.17, 15) is 13.6 Å². The Balaban J connectivity index is 1.37. The van der Waals surface area contributed by atoms with Gasteiger partial charge in [-0.05, 0) is 69.0 Å². The summed E-state index contributed by atoms with van der Waals surface area (Å²) in [5.41, 5.74) is 2.35. The number of likely N-dealkylation sites (tertiary alicyclic amines) is 1. The van der Waals surface area contributed by atoms with Gasteiger partial charge in [-0.25, -0.2) is 18.6 Å². The van der Waals surface area contributed by atoms with E-state index in [0.717, 1.165) is 62.4 Å². The van der Waals surface area contributed by atoms with Crippen LogP contribution in [0.1, 0.15) is 42.8 Å². The fraction of sp³-hybridized carbons (Fsp3) is 0.429. The second kappa shape index (κ2) is 10.6. The van der Waals surface area contributed by atoms with E-state index in [4.69, 9.17) is 9.47 Å². The summed E-state index contributed by atoms with van der Waals surface area (Å²) in [6, 6.07) is 9.12. The lowest BCUT2D eigenvalue weighted by Gasteiger charge is -2.45. The molecule has 0 spiro atoms. The number of ether oxygens (including phenoxy) is 2. The van der Waals surface area contributed by atoms with Crippen LogP contribution in [0.25, 0.3) is 0 Å². The van der Waals surface area contributed by atoms with Crippen molar-refractivity contribution in [2.24, 2.45) is 0 Å². The van der Waals surface area contributed by atoms with Crippen LogP contribution in [0.2, 0.25) is 0 Å². The molecule has 0 bridgehead atoms. The molecule has 10 heteroatoms. The third-order valence-electron chi connectivity index (χ3n) is 7.97. The van der Waals surface area contributed by atoms with Gasteiger partial charge < -0.3 is 25.1 Å². The first-order valence-electron chi connectivity index (χ1n) is 12.8. The molecule has 3 atom stereocenters. The van der Waals surface area contributed by atoms with Crippen LogP contribution in [-0.2, 0) is 12.0 Å². The molecule has 2 fully saturated rings. The predicted octanol–water partition coefficient (Wildman–Crippen LogP) is 4.90. The smallest absolute Gasteiger partial charge is 0.319 e. The molecule has 3 N–H and O–H groups in total. The molecule has 1 aliphatic heterocycles. The van der Waals surface area contributed by atoms with Gasteiger partial charge in [0.25, 0.3) is 0 Å². The van der Waals surface area contributed by atoms with E-state index in [-0.39, 0.29) is 23.2 Å². The highest BCUT2D eigenvalue weighted by molar-refractivity contribution is 5.89. The van der Waals surface area contributed by atoms with Crippen molar-refractivity contribution in [1.82, 2.24) is 20.2 Å². The third kappa shape index (κ3) is 5.05. The molecule has 3 aromatic rings. The number of halogens is 2. The molecule has 8 nitrogen and oxygen atoms in total. The summed E-state index contributed by atoms with van der Waals surface area (Å²) in [5.74, 6) is 0.310. The maximum atomic E-state index is 13.6. The van der Waals surface area contributed by atoms with Crippen LogP contribution in [0.3, 0.4) is 0 Å². The van der Waals surface area contributed by atoms with Crippen LogP contribution < -0.4 is 20.1 Å². The number of amides is 2. The van der Waals surface area contributed by atoms with Crippen LogP contribution in [0.15, 0.2) is 42.6 Å². The fourth-order valence-corrected chi connectivity index (χ4v) is 6.15. The number of imidazole rings is 1. The van der Waals surface area contributed by atoms with Crippen molar-refractivity contribution < 1.29 is 23.0 Å². The number of nitrogens with zero attached hydrogens (tertiary/aromatic N) is 2. The Hall–Kier alpha value is -3.66. The number of fused-ring (bicyclic) bond motifs is 1. The molecule has 1 aromatic heterocycles. The average Bonchev–Trinajstić information content (AvgIpc) is 3.49. The Morgan fingerprint density at radius 3 is 2.66 bits per heavy atom. The van der Waals surface area contributed by atoms with Crippen molar-refractivity contribution in [3.63, 3.8) is 0 Å². The number of hydrogen-bond acceptors (Lipinski definition) is 5. The number of methoxy groups -OCH3 is 2. The number of aryl methyl sites for hydroxylation is 1. The molecule has 1 aliphatic carbocycles. The van der Waals surface area contributed by atoms with Gasteiger partial charge in [0.2, 0.25) is 0 Å². The predicted molar refractivity (Wildman–Crippen MR) is 140 cm³/mol. The molecule has 38 heavy (non-hydrogen) atoms. The number of carbonyl (C=O) groups is 1. The topological polar surface area (TPSA) is 91.5 Å². The highest BCUT2D eigenvalue weighted by Crippen LogP contribution is 2.50. The summed E-state index contributed by atoms with van der Waals surface area (Å²) in [7, 11) is 3.27. The van der Waals surface area contributed by atoms with Crippen molar-refractivity contribution in [2.45, 2.75) is 56.7 Å². The van der Waals surface area contributed by atoms with Gasteiger partial charge in [0.05, 0.1) is 14.2 Å². The second-order valence-electron chi connectivity index (χ2n) is 10.2. The number of anilines is 1. The molecule has 2 aromatic carbocycles. The van der Waals surface area contributed by atoms with Crippen LogP contribution in [0.5, 0.6) is 11.5 Å². The van der Waals surface area contributed by atoms with Crippen molar-refractivity contribution in [3.8, 4) is 11.5 Å². The summed E-state index contributed by atoms with van der Waals surface area (Å²) < 4.78 is 37.9. The lowest BCUT2D eigenvalue weighted by Crippen LogP contribution is -2.52. The number of urea groups is 1. The largest absolute Gasteiger partial charge is 0.493 e. The summed E-state index contributed by atoms with van der Waals surface area (Å²) in [4.78, 5) is 22.9. The third-order valence-corrected chi connectivity index (χ3v) is 7.97. The van der Waals surface area contributed by atoms with E-state index >= 15 is 0 Å². The minimum Gasteiger partial charge on any atom is -0.493 e. The Kier molecular flexibility index (Phi) is 7.25. The van der Waals surface area contributed by atoms with Crippen LogP contribution in [0, 0.1) is 18.6 Å². The molecule has 2 heterocycles. The Morgan fingerprint density at radius 1 is 1.13 bits per heavy atom. The normalized spacial score (nSPS) is 23.1. The second-order valence-corrected chi connectivity index (χ2v) is 10.2. The first kappa shape index (κ1) is 26.0. The van der Waals surface area contributed by atoms with E-state index in [1.165, 1.54) is 11.6 Å². The molecular formula is C28H33F2N5O3. The molecule has 202 valence electrons. The standard InChI is InChI=1S/C28H33F2N5O3/c1-17-31-15-21(32-17)16-35-11-10-28(18-4-7-24(37-2)25(12-18)38-3)9-8-20(14-26(28)35)34-27(36)33-19-5-6-22(29)23(30)13-19/h4-7,12-13,15,20,26H,8-11,14,16H2,1-3H3,(H,31,32)(H2,33,34,36). The quantitative estimate of drug-likeness (QED) is 0.408. The van der Waals surface area contributed by atoms with Crippen molar-refractivity contribution >= 4 is 11.7 Å². The lowest BCUT2D eigenvalue weighted by molar-refractivity contribution is 0.130. The molecule has 2 amide bonds. The van der Waals surface area contributed by atoms with E-state index in [2.05, 4.69) is 37.6 Å². The number of nitrogens with one attached hydrogen (secondary N) is 3. The van der Waals surface area contributed by atoms with Gasteiger partial charge in [0.1, 0.15) is 5.82 Å². The van der Waals surface area contributed by atoms with E-state index in [0.29, 0.717) is 11.5 Å². The molecule has 0 radical (unpaired) electrons. The Labute approximate surface area is 220 Å². The number of benzene rings is 2. The van der Waals surface area contributed by atoms with E-state index in [1.54, 1.807) is 14.2 Å². The number of aromatic nitrogens is 2. The molecule has 2 aliphatic rings. The molecule has 1 saturated heterocycles. The molecule has 5 rings (SSSR count). The number of hydrogen-bond donors (Lipinski definition) is 3. The number of carbonyl (C=O) groups excluding carboxylic acids is 1. The van der Waals surface area contributed by atoms with Crippen molar-refractivity contribution in [1.29, 1.82) is 0 Å². The van der Waals surface area contributed by atoms with Crippen molar-refractivity contribution in [2.75, 3.05) is 26.1 Å². The Morgan fingerprint density at radius 2 is 1.95 bits per heavy atom. The zero-order valence-corrected chi connectivity index (χ0v) is 21.8. The maximum Gasteiger partial charge on any atom is 0.319 e. The molecule has 3 unspecified atom stereocenters. The summed E-state index contributed by atoms with van der Waals surface area (Å²) in [5, 5.41) is 5.68. The molecule has 1 saturated carbocycles. The fourth-order valence-electron chi connectivity index (χ4n) is 6.15. The number of H-pyrrole nitrogens is 1. The van der Waals surface area contributed by atoms with Crippen LogP contribution in [-0.4, -0.2) is 53.7 Å². The number of rotatable bonds is 7. The highest BCUT2D eigenvalue weighted by Gasteiger charge is 2.51. The SMILES string of the molecule is COc1ccc(C23CCC(NC(=O)Nc4ccc(F)c(F)c4)CC2N(Cc2cnc(C)[nH]2)CC3)cc1OC. The monoisotopic (exact) mass is 525 g/mol. The highest BCUT2D eigenvalue weighted by atomic mass is 19.2. The summed E-state index contributed by atoms with van der Waals surface area (Å²) >= 11 is 0. The van der Waals surface area contributed by atoms with Gasteiger partial charge in [-0.3, -0.25) is 4.90 Å². The van der Waals surface area contributed by atoms with Gasteiger partial charge in [-0.15, -0.1) is 0 Å². The zero-order valence-electron chi connectivity index (χ0n) is 21.8. The molecular weight excluding hydrogens is 492 g/mol. The van der Waals surface area contributed by atoms with Gasteiger partial charge in [0.15, 0.2) is 23.1 Å². The van der Waals surface area contributed by atoms with E-state index < -0.39 is 17.7 Å². The number of aromatic amines is 1. The average molecular weight is 526 g/mol. The van der Waals surface area contributed by atoms with Crippen LogP contribution in [0.4, 0.5) is 19.3 Å². The zero-order chi connectivity index (χ0) is 26.9. The van der Waals surface area contributed by atoms with Gasteiger partial charge in [0, 0.05) is 47.7 Å². The lowest BCUT2D eigenvalue weighted by atomic mass is 9.65. The Bertz CT molecular complexity index is 1320. The van der Waals surface area contributed by atoms with Gasteiger partial charge in [-0.2, -0.15) is 0 Å². The van der Waals surface area contributed by atoms with Gasteiger partial charge in [-0.1, -0.05) is 6.07 Å². The maximum absolute atomic E-state index is 13.6. The van der Waals surface area contributed by atoms with Crippen molar-refractivity contribution in [3.05, 3.63) is 71.3 Å². The van der Waals surface area contributed by atoms with E-state index in [1.807, 2.05) is 19.2 Å². The van der Waals surface area contributed by atoms with Crippen LogP contribution >= 0.6 is 0 Å².